The van der Waals surface area contributed by atoms with Gasteiger partial charge in [-0.1, -0.05) is 24.3 Å². The van der Waals surface area contributed by atoms with Gasteiger partial charge < -0.3 is 24.5 Å². The van der Waals surface area contributed by atoms with Gasteiger partial charge in [-0.15, -0.1) is 0 Å². The molecule has 8 heteroatoms. The predicted molar refractivity (Wildman–Crippen MR) is 133 cm³/mol. The Bertz CT molecular complexity index is 1310. The van der Waals surface area contributed by atoms with E-state index in [2.05, 4.69) is 20.4 Å². The maximum Gasteiger partial charge on any atom is 0.337 e. The molecule has 0 spiro atoms. The van der Waals surface area contributed by atoms with Crippen LogP contribution in [0.15, 0.2) is 71.1 Å². The maximum absolute atomic E-state index is 12.2. The number of aryl methyl sites for hydroxylation is 2. The largest absolute Gasteiger partial charge is 0.492 e. The topological polar surface area (TPSA) is 103 Å². The number of aromatic nitrogens is 1. The molecule has 0 bridgehead atoms. The maximum atomic E-state index is 12.2. The molecule has 180 valence electrons. The molecule has 0 aliphatic carbocycles. The number of benzene rings is 3. The number of carbonyl (C=O) groups excluding carboxylic acids is 2. The van der Waals surface area contributed by atoms with E-state index >= 15 is 0 Å². The Morgan fingerprint density at radius 3 is 2.60 bits per heavy atom. The third kappa shape index (κ3) is 6.38. The lowest BCUT2D eigenvalue weighted by Gasteiger charge is -2.08. The summed E-state index contributed by atoms with van der Waals surface area (Å²) in [5, 5.41) is 6.06. The van der Waals surface area contributed by atoms with E-state index in [9.17, 15) is 9.59 Å². The Hall–Kier alpha value is -4.33. The number of rotatable bonds is 10. The molecule has 0 saturated heterocycles. The minimum Gasteiger partial charge on any atom is -0.492 e. The molecule has 0 atom stereocenters. The smallest absolute Gasteiger partial charge is 0.337 e. The highest BCUT2D eigenvalue weighted by Gasteiger charge is 2.09. The van der Waals surface area contributed by atoms with Crippen molar-refractivity contribution in [3.05, 3.63) is 83.4 Å². The average Bonchev–Trinajstić information content (AvgIpc) is 3.28. The van der Waals surface area contributed by atoms with E-state index in [-0.39, 0.29) is 5.91 Å². The Balaban J connectivity index is 1.22. The van der Waals surface area contributed by atoms with E-state index in [1.165, 1.54) is 7.11 Å². The van der Waals surface area contributed by atoms with Gasteiger partial charge in [-0.3, -0.25) is 4.79 Å². The van der Waals surface area contributed by atoms with Crippen LogP contribution >= 0.6 is 0 Å². The first-order valence-electron chi connectivity index (χ1n) is 11.3. The van der Waals surface area contributed by atoms with Crippen molar-refractivity contribution in [3.63, 3.8) is 0 Å². The van der Waals surface area contributed by atoms with Crippen molar-refractivity contribution in [1.82, 2.24) is 10.3 Å². The van der Waals surface area contributed by atoms with Crippen LogP contribution in [0.5, 0.6) is 5.75 Å². The van der Waals surface area contributed by atoms with Gasteiger partial charge in [0.05, 0.1) is 19.2 Å². The third-order valence-electron chi connectivity index (χ3n) is 5.45. The molecule has 8 nitrogen and oxygen atoms in total. The summed E-state index contributed by atoms with van der Waals surface area (Å²) in [5.74, 6) is 0.156. The first kappa shape index (κ1) is 23.8. The highest BCUT2D eigenvalue weighted by molar-refractivity contribution is 5.89. The molecular formula is C27H27N3O5. The van der Waals surface area contributed by atoms with Crippen molar-refractivity contribution in [2.45, 2.75) is 19.8 Å². The van der Waals surface area contributed by atoms with Crippen molar-refractivity contribution >= 4 is 34.7 Å². The number of nitrogens with zero attached hydrogens (tertiary/aromatic N) is 1. The number of hydrogen-bond donors (Lipinski definition) is 2. The molecule has 35 heavy (non-hydrogen) atoms. The quantitative estimate of drug-likeness (QED) is 0.252. The molecule has 1 amide bonds. The Labute approximate surface area is 203 Å². The fourth-order valence-corrected chi connectivity index (χ4v) is 3.52. The monoisotopic (exact) mass is 473 g/mol. The van der Waals surface area contributed by atoms with Gasteiger partial charge in [0, 0.05) is 12.1 Å². The van der Waals surface area contributed by atoms with Gasteiger partial charge in [-0.2, -0.15) is 4.98 Å². The normalized spacial score (nSPS) is 10.7. The zero-order valence-corrected chi connectivity index (χ0v) is 19.7. The van der Waals surface area contributed by atoms with Crippen LogP contribution in [0.4, 0.5) is 11.7 Å². The number of carbonyl (C=O) groups is 2. The number of nitrogens with one attached hydrogen (secondary N) is 2. The fraction of sp³-hybridized carbons (Fsp3) is 0.222. The number of amides is 1. The van der Waals surface area contributed by atoms with E-state index < -0.39 is 5.97 Å². The first-order chi connectivity index (χ1) is 17.0. The second-order valence-corrected chi connectivity index (χ2v) is 7.98. The van der Waals surface area contributed by atoms with Crippen LogP contribution in [0.25, 0.3) is 11.1 Å². The molecule has 0 aliphatic heterocycles. The van der Waals surface area contributed by atoms with Gasteiger partial charge in [-0.25, -0.2) is 4.79 Å². The lowest BCUT2D eigenvalue weighted by atomic mass is 10.1. The van der Waals surface area contributed by atoms with E-state index in [1.807, 2.05) is 49.4 Å². The molecule has 0 fully saturated rings. The molecule has 0 saturated carbocycles. The number of fused-ring (bicyclic) bond motifs is 1. The van der Waals surface area contributed by atoms with Crippen molar-refractivity contribution < 1.29 is 23.5 Å². The second-order valence-electron chi connectivity index (χ2n) is 7.98. The fourth-order valence-electron chi connectivity index (χ4n) is 3.52. The molecule has 4 rings (SSSR count). The minimum atomic E-state index is -0.398. The van der Waals surface area contributed by atoms with Crippen LogP contribution in [0.3, 0.4) is 0 Å². The Morgan fingerprint density at radius 2 is 1.83 bits per heavy atom. The van der Waals surface area contributed by atoms with Crippen LogP contribution in [0.1, 0.15) is 27.9 Å². The van der Waals surface area contributed by atoms with Gasteiger partial charge in [0.25, 0.3) is 6.01 Å². The Kier molecular flexibility index (Phi) is 7.62. The van der Waals surface area contributed by atoms with E-state index in [1.54, 1.807) is 24.3 Å². The number of ether oxygens (including phenoxy) is 2. The van der Waals surface area contributed by atoms with Gasteiger partial charge in [0.1, 0.15) is 17.9 Å². The molecule has 1 heterocycles. The van der Waals surface area contributed by atoms with Crippen LogP contribution < -0.4 is 15.4 Å². The summed E-state index contributed by atoms with van der Waals surface area (Å²) in [7, 11) is 1.34. The molecule has 0 aliphatic rings. The molecule has 2 N–H and O–H groups in total. The van der Waals surface area contributed by atoms with Crippen LogP contribution in [0.2, 0.25) is 0 Å². The number of anilines is 2. The van der Waals surface area contributed by atoms with Crippen LogP contribution in [0, 0.1) is 6.92 Å². The highest BCUT2D eigenvalue weighted by atomic mass is 16.5. The molecule has 0 radical (unpaired) electrons. The lowest BCUT2D eigenvalue weighted by Crippen LogP contribution is -2.28. The summed E-state index contributed by atoms with van der Waals surface area (Å²) in [5.41, 5.74) is 4.92. The highest BCUT2D eigenvalue weighted by Crippen LogP contribution is 2.25. The molecule has 0 unspecified atom stereocenters. The number of methoxy groups -OCH3 is 1. The van der Waals surface area contributed by atoms with E-state index in [4.69, 9.17) is 9.15 Å². The second kappa shape index (κ2) is 11.2. The zero-order valence-electron chi connectivity index (χ0n) is 19.7. The standard InChI is InChI=1S/C27H27N3O5/c1-18-5-3-4-6-22(18)29-27-30-23-13-7-19(17-24(23)35-27)8-14-25(31)28-15-16-34-21-11-9-20(10-12-21)26(32)33-2/h3-7,9-13,17H,8,14-16H2,1-2H3,(H,28,31)(H,29,30). The SMILES string of the molecule is COC(=O)c1ccc(OCCNC(=O)CCc2ccc3nc(Nc4ccccc4C)oc3c2)cc1. The summed E-state index contributed by atoms with van der Waals surface area (Å²) >= 11 is 0. The van der Waals surface area contributed by atoms with Crippen LogP contribution in [-0.2, 0) is 16.0 Å². The first-order valence-corrected chi connectivity index (χ1v) is 11.3. The predicted octanol–water partition coefficient (Wildman–Crippen LogP) is 4.79. The number of hydrogen-bond acceptors (Lipinski definition) is 7. The summed E-state index contributed by atoms with van der Waals surface area (Å²) in [6.07, 6.45) is 0.931. The summed E-state index contributed by atoms with van der Waals surface area (Å²) in [6.45, 7) is 2.72. The molecule has 3 aromatic carbocycles. The molecular weight excluding hydrogens is 446 g/mol. The lowest BCUT2D eigenvalue weighted by molar-refractivity contribution is -0.121. The van der Waals surface area contributed by atoms with Crippen LogP contribution in [-0.4, -0.2) is 37.1 Å². The summed E-state index contributed by atoms with van der Waals surface area (Å²) in [6, 6.07) is 20.8. The van der Waals surface area contributed by atoms with E-state index in [0.717, 1.165) is 22.3 Å². The van der Waals surface area contributed by atoms with Crippen molar-refractivity contribution in [2.24, 2.45) is 0 Å². The van der Waals surface area contributed by atoms with Gasteiger partial charge in [-0.05, 0) is 66.9 Å². The van der Waals surface area contributed by atoms with Crippen molar-refractivity contribution in [3.8, 4) is 5.75 Å². The number of oxazole rings is 1. The van der Waals surface area contributed by atoms with E-state index in [0.29, 0.717) is 48.9 Å². The summed E-state index contributed by atoms with van der Waals surface area (Å²) < 4.78 is 16.1. The van der Waals surface area contributed by atoms with Gasteiger partial charge in [0.2, 0.25) is 5.91 Å². The number of para-hydroxylation sites is 1. The van der Waals surface area contributed by atoms with Crippen molar-refractivity contribution in [2.75, 3.05) is 25.6 Å². The van der Waals surface area contributed by atoms with Gasteiger partial charge in [0.15, 0.2) is 5.58 Å². The minimum absolute atomic E-state index is 0.0609. The number of esters is 1. The molecule has 1 aromatic heterocycles. The van der Waals surface area contributed by atoms with Gasteiger partial charge >= 0.3 is 5.97 Å². The zero-order chi connectivity index (χ0) is 24.6. The third-order valence-corrected chi connectivity index (χ3v) is 5.45. The van der Waals surface area contributed by atoms with Crippen molar-refractivity contribution in [1.29, 1.82) is 0 Å². The molecule has 4 aromatic rings. The average molecular weight is 474 g/mol. The Morgan fingerprint density at radius 1 is 1.03 bits per heavy atom. The summed E-state index contributed by atoms with van der Waals surface area (Å²) in [4.78, 5) is 28.2.